The molecule has 0 N–H and O–H groups in total. The molecule has 2 unspecified atom stereocenters. The number of likely N-dealkylation sites (N-methyl/N-ethyl adjacent to an activating group) is 1. The summed E-state index contributed by atoms with van der Waals surface area (Å²) < 4.78 is 11.3. The lowest BCUT2D eigenvalue weighted by atomic mass is 10.2. The quantitative estimate of drug-likeness (QED) is 0.606. The Hall–Kier alpha value is -2.08. The minimum atomic E-state index is -0.356. The van der Waals surface area contributed by atoms with E-state index in [2.05, 4.69) is 9.88 Å². The summed E-state index contributed by atoms with van der Waals surface area (Å²) >= 11 is 12.1. The van der Waals surface area contributed by atoms with Crippen LogP contribution in [0.4, 0.5) is 0 Å². The number of halogens is 2. The van der Waals surface area contributed by atoms with Gasteiger partial charge in [0, 0.05) is 28.1 Å². The maximum atomic E-state index is 12.3. The zero-order valence-corrected chi connectivity index (χ0v) is 15.7. The lowest BCUT2D eigenvalue weighted by Gasteiger charge is -2.09. The van der Waals surface area contributed by atoms with E-state index in [0.29, 0.717) is 44.2 Å². The first-order valence-corrected chi connectivity index (χ1v) is 8.91. The smallest absolute Gasteiger partial charge is 0.338 e. The molecule has 0 saturated heterocycles. The van der Waals surface area contributed by atoms with E-state index in [0.717, 1.165) is 6.42 Å². The van der Waals surface area contributed by atoms with Gasteiger partial charge < -0.3 is 14.1 Å². The Labute approximate surface area is 160 Å². The summed E-state index contributed by atoms with van der Waals surface area (Å²) in [6.45, 7) is 0. The molecule has 0 bridgehead atoms. The molecule has 1 aliphatic carbocycles. The number of hydrogen-bond donors (Lipinski definition) is 0. The number of benzene rings is 2. The van der Waals surface area contributed by atoms with E-state index < -0.39 is 0 Å². The van der Waals surface area contributed by atoms with E-state index in [1.807, 2.05) is 14.1 Å². The molecule has 134 valence electrons. The van der Waals surface area contributed by atoms with Crippen molar-refractivity contribution in [1.82, 2.24) is 9.88 Å². The van der Waals surface area contributed by atoms with E-state index in [9.17, 15) is 4.79 Å². The van der Waals surface area contributed by atoms with E-state index in [4.69, 9.17) is 32.4 Å². The number of rotatable bonds is 4. The molecule has 1 aromatic heterocycles. The van der Waals surface area contributed by atoms with Gasteiger partial charge in [-0.2, -0.15) is 0 Å². The number of fused-ring (bicyclic) bond motifs is 1. The Morgan fingerprint density at radius 2 is 1.92 bits per heavy atom. The van der Waals surface area contributed by atoms with Gasteiger partial charge in [0.15, 0.2) is 5.58 Å². The van der Waals surface area contributed by atoms with Gasteiger partial charge in [0.2, 0.25) is 5.89 Å². The molecule has 0 amide bonds. The van der Waals surface area contributed by atoms with Gasteiger partial charge in [-0.05, 0) is 50.5 Å². The van der Waals surface area contributed by atoms with E-state index in [-0.39, 0.29) is 12.1 Å². The highest BCUT2D eigenvalue weighted by molar-refractivity contribution is 6.35. The lowest BCUT2D eigenvalue weighted by molar-refractivity contribution is 0.0439. The first kappa shape index (κ1) is 17.3. The van der Waals surface area contributed by atoms with E-state index in [1.165, 1.54) is 0 Å². The lowest BCUT2D eigenvalue weighted by Crippen LogP contribution is -2.20. The summed E-state index contributed by atoms with van der Waals surface area (Å²) in [6.07, 6.45) is 0.815. The molecule has 26 heavy (non-hydrogen) atoms. The van der Waals surface area contributed by atoms with Crippen molar-refractivity contribution in [1.29, 1.82) is 0 Å². The fourth-order valence-corrected chi connectivity index (χ4v) is 3.41. The average molecular weight is 391 g/mol. The van der Waals surface area contributed by atoms with Gasteiger partial charge in [-0.25, -0.2) is 9.78 Å². The molecule has 4 rings (SSSR count). The summed E-state index contributed by atoms with van der Waals surface area (Å²) in [4.78, 5) is 18.8. The fourth-order valence-electron chi connectivity index (χ4n) is 2.89. The van der Waals surface area contributed by atoms with Crippen LogP contribution in [0.15, 0.2) is 40.8 Å². The topological polar surface area (TPSA) is 55.6 Å². The molecule has 0 radical (unpaired) electrons. The van der Waals surface area contributed by atoms with Crippen molar-refractivity contribution >= 4 is 40.3 Å². The fraction of sp³-hybridized carbons (Fsp3) is 0.263. The molecular weight excluding hydrogens is 375 g/mol. The van der Waals surface area contributed by atoms with Gasteiger partial charge in [-0.1, -0.05) is 23.2 Å². The normalized spacial score (nSPS) is 19.1. The number of ether oxygens (including phenoxy) is 1. The first-order valence-electron chi connectivity index (χ1n) is 8.15. The van der Waals surface area contributed by atoms with Crippen LogP contribution in [0.1, 0.15) is 16.8 Å². The van der Waals surface area contributed by atoms with Crippen molar-refractivity contribution in [2.45, 2.75) is 18.6 Å². The van der Waals surface area contributed by atoms with Crippen LogP contribution in [-0.4, -0.2) is 42.1 Å². The highest BCUT2D eigenvalue weighted by Gasteiger charge is 2.42. The summed E-state index contributed by atoms with van der Waals surface area (Å²) in [5.74, 6) is 0.0368. The molecular formula is C19H16Cl2N2O3. The van der Waals surface area contributed by atoms with Gasteiger partial charge in [0.25, 0.3) is 0 Å². The van der Waals surface area contributed by atoms with Crippen LogP contribution in [0.25, 0.3) is 22.6 Å². The minimum Gasteiger partial charge on any atom is -0.457 e. The number of carbonyl (C=O) groups is 1. The third-order valence-electron chi connectivity index (χ3n) is 4.36. The van der Waals surface area contributed by atoms with Crippen LogP contribution in [0, 0.1) is 0 Å². The van der Waals surface area contributed by atoms with E-state index in [1.54, 1.807) is 36.4 Å². The predicted molar refractivity (Wildman–Crippen MR) is 101 cm³/mol. The van der Waals surface area contributed by atoms with Gasteiger partial charge in [-0.3, -0.25) is 0 Å². The Balaban J connectivity index is 1.59. The third kappa shape index (κ3) is 3.43. The molecule has 3 aromatic rings. The number of hydrogen-bond acceptors (Lipinski definition) is 5. The highest BCUT2D eigenvalue weighted by atomic mass is 35.5. The third-order valence-corrected chi connectivity index (χ3v) is 4.79. The number of esters is 1. The molecule has 2 aromatic carbocycles. The molecule has 0 spiro atoms. The van der Waals surface area contributed by atoms with Crippen molar-refractivity contribution in [3.63, 3.8) is 0 Å². The van der Waals surface area contributed by atoms with Crippen molar-refractivity contribution < 1.29 is 13.9 Å². The monoisotopic (exact) mass is 390 g/mol. The van der Waals surface area contributed by atoms with Crippen LogP contribution in [0.3, 0.4) is 0 Å². The van der Waals surface area contributed by atoms with Crippen molar-refractivity contribution in [2.24, 2.45) is 0 Å². The van der Waals surface area contributed by atoms with Crippen LogP contribution in [0.5, 0.6) is 0 Å². The van der Waals surface area contributed by atoms with Gasteiger partial charge in [-0.15, -0.1) is 0 Å². The summed E-state index contributed by atoms with van der Waals surface area (Å²) in [7, 11) is 3.95. The Kier molecular flexibility index (Phi) is 4.39. The Bertz CT molecular complexity index is 979. The van der Waals surface area contributed by atoms with Crippen LogP contribution < -0.4 is 0 Å². The largest absolute Gasteiger partial charge is 0.457 e. The SMILES string of the molecule is CN(C)C1CC1OC(=O)c1ccc2nc(-c3cc(Cl)cc(Cl)c3)oc2c1. The van der Waals surface area contributed by atoms with Crippen molar-refractivity contribution in [2.75, 3.05) is 14.1 Å². The molecule has 0 aliphatic heterocycles. The molecule has 2 atom stereocenters. The maximum Gasteiger partial charge on any atom is 0.338 e. The van der Waals surface area contributed by atoms with Crippen LogP contribution in [-0.2, 0) is 4.74 Å². The highest BCUT2D eigenvalue weighted by Crippen LogP contribution is 2.32. The number of aromatic nitrogens is 1. The molecule has 1 fully saturated rings. The Morgan fingerprint density at radius 3 is 2.58 bits per heavy atom. The summed E-state index contributed by atoms with van der Waals surface area (Å²) in [6, 6.07) is 10.5. The van der Waals surface area contributed by atoms with Gasteiger partial charge in [0.05, 0.1) is 5.56 Å². The molecule has 7 heteroatoms. The number of carbonyl (C=O) groups excluding carboxylic acids is 1. The van der Waals surface area contributed by atoms with Crippen molar-refractivity contribution in [3.05, 3.63) is 52.0 Å². The van der Waals surface area contributed by atoms with Crippen LogP contribution >= 0.6 is 23.2 Å². The summed E-state index contributed by atoms with van der Waals surface area (Å²) in [5, 5.41) is 0.998. The van der Waals surface area contributed by atoms with Gasteiger partial charge >= 0.3 is 5.97 Å². The number of nitrogens with zero attached hydrogens (tertiary/aromatic N) is 2. The average Bonchev–Trinajstić information content (AvgIpc) is 3.21. The predicted octanol–water partition coefficient (Wildman–Crippen LogP) is 4.66. The second-order valence-electron chi connectivity index (χ2n) is 6.57. The minimum absolute atomic E-state index is 0.0490. The number of oxazole rings is 1. The maximum absolute atomic E-state index is 12.3. The molecule has 1 saturated carbocycles. The molecule has 5 nitrogen and oxygen atoms in total. The van der Waals surface area contributed by atoms with Crippen LogP contribution in [0.2, 0.25) is 10.0 Å². The zero-order valence-electron chi connectivity index (χ0n) is 14.2. The second kappa shape index (κ2) is 6.58. The molecule has 1 heterocycles. The zero-order chi connectivity index (χ0) is 18.4. The summed E-state index contributed by atoms with van der Waals surface area (Å²) in [5.41, 5.74) is 2.26. The van der Waals surface area contributed by atoms with Crippen molar-refractivity contribution in [3.8, 4) is 11.5 Å². The van der Waals surface area contributed by atoms with E-state index >= 15 is 0 Å². The standard InChI is InChI=1S/C19H16Cl2N2O3/c1-23(2)15-9-17(15)26-19(24)10-3-4-14-16(7-10)25-18(22-14)11-5-12(20)8-13(21)6-11/h3-8,15,17H,9H2,1-2H3. The Morgan fingerprint density at radius 1 is 1.19 bits per heavy atom. The molecule has 1 aliphatic rings. The second-order valence-corrected chi connectivity index (χ2v) is 7.44. The first-order chi connectivity index (χ1) is 12.4. The van der Waals surface area contributed by atoms with Gasteiger partial charge in [0.1, 0.15) is 11.6 Å².